The molecule has 0 aromatic heterocycles. The van der Waals surface area contributed by atoms with Gasteiger partial charge >= 0.3 is 5.97 Å². The zero-order chi connectivity index (χ0) is 19.8. The highest BCUT2D eigenvalue weighted by atomic mass is 16.5. The van der Waals surface area contributed by atoms with Crippen molar-refractivity contribution in [1.29, 1.82) is 0 Å². The van der Waals surface area contributed by atoms with Crippen molar-refractivity contribution >= 4 is 17.6 Å². The van der Waals surface area contributed by atoms with Crippen molar-refractivity contribution < 1.29 is 14.3 Å². The summed E-state index contributed by atoms with van der Waals surface area (Å²) >= 11 is 0. The van der Waals surface area contributed by atoms with Crippen LogP contribution in [0.1, 0.15) is 54.4 Å². The van der Waals surface area contributed by atoms with Crippen molar-refractivity contribution in [2.75, 3.05) is 11.9 Å². The van der Waals surface area contributed by atoms with Gasteiger partial charge in [-0.2, -0.15) is 0 Å². The Balaban J connectivity index is 1.19. The molecule has 2 aromatic rings. The second-order valence-corrected chi connectivity index (χ2v) is 9.27. The molecule has 1 N–H and O–H groups in total. The molecule has 4 fully saturated rings. The van der Waals surface area contributed by atoms with E-state index >= 15 is 0 Å². The Kier molecular flexibility index (Phi) is 4.65. The lowest BCUT2D eigenvalue weighted by Gasteiger charge is -2.57. The standard InChI is InChI=1S/C25H27NO3/c27-23(16-29-24(28)20-4-2-1-3-5-20)26-22-8-6-21(7-9-22)25-13-17-10-18(14-25)12-19(11-17)15-25/h1-9,17-19H,10-16H2,(H,26,27). The van der Waals surface area contributed by atoms with Crippen molar-refractivity contribution in [3.63, 3.8) is 0 Å². The predicted octanol–water partition coefficient (Wildman–Crippen LogP) is 4.95. The Bertz CT molecular complexity index is 868. The van der Waals surface area contributed by atoms with Crippen LogP contribution in [0.4, 0.5) is 5.69 Å². The predicted molar refractivity (Wildman–Crippen MR) is 112 cm³/mol. The van der Waals surface area contributed by atoms with Crippen molar-refractivity contribution in [3.05, 3.63) is 65.7 Å². The number of benzene rings is 2. The lowest BCUT2D eigenvalue weighted by Crippen LogP contribution is -2.48. The van der Waals surface area contributed by atoms with E-state index in [0.717, 1.165) is 23.4 Å². The molecule has 0 heterocycles. The number of rotatable bonds is 5. The van der Waals surface area contributed by atoms with E-state index in [1.165, 1.54) is 44.1 Å². The van der Waals surface area contributed by atoms with Gasteiger partial charge in [0.1, 0.15) is 0 Å². The van der Waals surface area contributed by atoms with E-state index in [2.05, 4.69) is 17.4 Å². The highest BCUT2D eigenvalue weighted by Crippen LogP contribution is 2.60. The van der Waals surface area contributed by atoms with E-state index in [-0.39, 0.29) is 12.5 Å². The molecule has 29 heavy (non-hydrogen) atoms. The Morgan fingerprint density at radius 3 is 2.03 bits per heavy atom. The molecular formula is C25H27NO3. The van der Waals surface area contributed by atoms with Gasteiger partial charge < -0.3 is 10.1 Å². The second kappa shape index (κ2) is 7.33. The first-order valence-corrected chi connectivity index (χ1v) is 10.7. The first kappa shape index (κ1) is 18.4. The molecule has 2 aromatic carbocycles. The molecule has 0 radical (unpaired) electrons. The zero-order valence-corrected chi connectivity index (χ0v) is 16.6. The van der Waals surface area contributed by atoms with E-state index in [4.69, 9.17) is 4.74 Å². The summed E-state index contributed by atoms with van der Waals surface area (Å²) in [6.45, 7) is -0.287. The molecule has 4 aliphatic rings. The lowest BCUT2D eigenvalue weighted by molar-refractivity contribution is -0.119. The van der Waals surface area contributed by atoms with E-state index < -0.39 is 5.97 Å². The smallest absolute Gasteiger partial charge is 0.338 e. The number of esters is 1. The molecule has 150 valence electrons. The van der Waals surface area contributed by atoms with Gasteiger partial charge in [0.25, 0.3) is 5.91 Å². The van der Waals surface area contributed by atoms with Gasteiger partial charge in [-0.3, -0.25) is 4.79 Å². The highest BCUT2D eigenvalue weighted by Gasteiger charge is 2.51. The Labute approximate surface area is 171 Å². The van der Waals surface area contributed by atoms with Crippen molar-refractivity contribution in [2.45, 2.75) is 43.9 Å². The maximum atomic E-state index is 12.2. The zero-order valence-electron chi connectivity index (χ0n) is 16.6. The Morgan fingerprint density at radius 2 is 1.45 bits per heavy atom. The summed E-state index contributed by atoms with van der Waals surface area (Å²) < 4.78 is 5.10. The maximum Gasteiger partial charge on any atom is 0.338 e. The van der Waals surface area contributed by atoms with Crippen LogP contribution in [-0.4, -0.2) is 18.5 Å². The third-order valence-electron chi connectivity index (χ3n) is 7.16. The quantitative estimate of drug-likeness (QED) is 0.736. The van der Waals surface area contributed by atoms with Crippen LogP contribution in [0.5, 0.6) is 0 Å². The molecule has 4 aliphatic carbocycles. The molecule has 0 atom stereocenters. The van der Waals surface area contributed by atoms with E-state index in [1.54, 1.807) is 24.3 Å². The van der Waals surface area contributed by atoms with Gasteiger partial charge in [-0.25, -0.2) is 4.79 Å². The molecule has 4 bridgehead atoms. The molecule has 0 aliphatic heterocycles. The summed E-state index contributed by atoms with van der Waals surface area (Å²) in [5.41, 5.74) is 2.99. The van der Waals surface area contributed by atoms with E-state index in [1.807, 2.05) is 18.2 Å². The number of ether oxygens (including phenoxy) is 1. The van der Waals surface area contributed by atoms with Crippen LogP contribution in [0.2, 0.25) is 0 Å². The van der Waals surface area contributed by atoms with Gasteiger partial charge in [0.2, 0.25) is 0 Å². The summed E-state index contributed by atoms with van der Waals surface area (Å²) in [5.74, 6) is 1.94. The van der Waals surface area contributed by atoms with Crippen molar-refractivity contribution in [2.24, 2.45) is 17.8 Å². The minimum absolute atomic E-state index is 0.287. The topological polar surface area (TPSA) is 55.4 Å². The van der Waals surface area contributed by atoms with Crippen LogP contribution in [0, 0.1) is 17.8 Å². The van der Waals surface area contributed by atoms with Crippen LogP contribution < -0.4 is 5.32 Å². The minimum atomic E-state index is -0.488. The third kappa shape index (κ3) is 3.68. The first-order chi connectivity index (χ1) is 14.1. The van der Waals surface area contributed by atoms with Gasteiger partial charge in [0.05, 0.1) is 5.56 Å². The maximum absolute atomic E-state index is 12.2. The normalized spacial score (nSPS) is 29.4. The van der Waals surface area contributed by atoms with E-state index in [0.29, 0.717) is 11.0 Å². The van der Waals surface area contributed by atoms with Crippen LogP contribution in [0.25, 0.3) is 0 Å². The summed E-state index contributed by atoms with van der Waals surface area (Å²) in [5, 5.41) is 2.83. The van der Waals surface area contributed by atoms with Crippen LogP contribution in [-0.2, 0) is 14.9 Å². The van der Waals surface area contributed by atoms with Crippen LogP contribution in [0.15, 0.2) is 54.6 Å². The number of carbonyl (C=O) groups excluding carboxylic acids is 2. The van der Waals surface area contributed by atoms with E-state index in [9.17, 15) is 9.59 Å². The summed E-state index contributed by atoms with van der Waals surface area (Å²) in [6.07, 6.45) is 8.32. The molecule has 4 heteroatoms. The Morgan fingerprint density at radius 1 is 0.862 bits per heavy atom. The molecule has 6 rings (SSSR count). The SMILES string of the molecule is O=C(COC(=O)c1ccccc1)Nc1ccc(C23CC4CC(CC(C4)C2)C3)cc1. The molecule has 4 nitrogen and oxygen atoms in total. The molecule has 0 unspecified atom stereocenters. The molecule has 1 amide bonds. The summed E-state index contributed by atoms with van der Waals surface area (Å²) in [6, 6.07) is 17.1. The fraction of sp³-hybridized carbons (Fsp3) is 0.440. The number of amides is 1. The lowest BCUT2D eigenvalue weighted by atomic mass is 9.48. The van der Waals surface area contributed by atoms with Gasteiger partial charge in [0.15, 0.2) is 6.61 Å². The minimum Gasteiger partial charge on any atom is -0.452 e. The Hall–Kier alpha value is -2.62. The van der Waals surface area contributed by atoms with Gasteiger partial charge in [0, 0.05) is 5.69 Å². The van der Waals surface area contributed by atoms with Gasteiger partial charge in [-0.05, 0) is 91.5 Å². The average Bonchev–Trinajstić information content (AvgIpc) is 2.72. The van der Waals surface area contributed by atoms with Gasteiger partial charge in [-0.1, -0.05) is 30.3 Å². The summed E-state index contributed by atoms with van der Waals surface area (Å²) in [4.78, 5) is 24.1. The monoisotopic (exact) mass is 389 g/mol. The highest BCUT2D eigenvalue weighted by molar-refractivity contribution is 5.95. The van der Waals surface area contributed by atoms with Crippen molar-refractivity contribution in [3.8, 4) is 0 Å². The largest absolute Gasteiger partial charge is 0.452 e. The van der Waals surface area contributed by atoms with Crippen LogP contribution in [0.3, 0.4) is 0 Å². The third-order valence-corrected chi connectivity index (χ3v) is 7.16. The number of carbonyl (C=O) groups is 2. The second-order valence-electron chi connectivity index (χ2n) is 9.27. The number of hydrogen-bond donors (Lipinski definition) is 1. The molecule has 0 saturated heterocycles. The molecule has 4 saturated carbocycles. The van der Waals surface area contributed by atoms with Gasteiger partial charge in [-0.15, -0.1) is 0 Å². The average molecular weight is 389 g/mol. The molecular weight excluding hydrogens is 362 g/mol. The fourth-order valence-electron chi connectivity index (χ4n) is 6.36. The number of nitrogens with one attached hydrogen (secondary N) is 1. The summed E-state index contributed by atoms with van der Waals surface area (Å²) in [7, 11) is 0. The number of hydrogen-bond acceptors (Lipinski definition) is 3. The van der Waals surface area contributed by atoms with Crippen molar-refractivity contribution in [1.82, 2.24) is 0 Å². The van der Waals surface area contributed by atoms with Crippen LogP contribution >= 0.6 is 0 Å². The first-order valence-electron chi connectivity index (χ1n) is 10.7. The molecule has 0 spiro atoms. The number of anilines is 1. The fourth-order valence-corrected chi connectivity index (χ4v) is 6.36.